The number of halogens is 2. The summed E-state index contributed by atoms with van der Waals surface area (Å²) in [4.78, 5) is 12.1. The standard InChI is InChI=1S/C14H20Cl2N2O2/c1-3-8(4-2)12(19)7-18-14(20)10-5-9(17)6-11(15)13(10)16/h5-6,8,12,19H,3-4,7,17H2,1-2H3,(H,18,20). The number of rotatable bonds is 6. The summed E-state index contributed by atoms with van der Waals surface area (Å²) < 4.78 is 0. The maximum Gasteiger partial charge on any atom is 0.253 e. The second-order valence-electron chi connectivity index (χ2n) is 4.72. The third-order valence-electron chi connectivity index (χ3n) is 3.36. The lowest BCUT2D eigenvalue weighted by molar-refractivity contribution is 0.0817. The summed E-state index contributed by atoms with van der Waals surface area (Å²) in [6.45, 7) is 4.19. The Labute approximate surface area is 129 Å². The molecular formula is C14H20Cl2N2O2. The molecule has 1 unspecified atom stereocenters. The van der Waals surface area contributed by atoms with E-state index in [1.54, 1.807) is 0 Å². The van der Waals surface area contributed by atoms with Crippen molar-refractivity contribution < 1.29 is 9.90 Å². The van der Waals surface area contributed by atoms with Gasteiger partial charge in [0.05, 0.1) is 21.7 Å². The van der Waals surface area contributed by atoms with Gasteiger partial charge in [0.1, 0.15) is 0 Å². The number of carbonyl (C=O) groups is 1. The summed E-state index contributed by atoms with van der Waals surface area (Å²) in [5, 5.41) is 13.0. The molecule has 0 saturated carbocycles. The van der Waals surface area contributed by atoms with Crippen molar-refractivity contribution in [2.24, 2.45) is 5.92 Å². The van der Waals surface area contributed by atoms with E-state index in [0.29, 0.717) is 5.69 Å². The number of nitrogen functional groups attached to an aromatic ring is 1. The van der Waals surface area contributed by atoms with E-state index in [9.17, 15) is 9.90 Å². The number of benzene rings is 1. The van der Waals surface area contributed by atoms with Gasteiger partial charge in [-0.3, -0.25) is 4.79 Å². The Balaban J connectivity index is 2.73. The van der Waals surface area contributed by atoms with Crippen LogP contribution < -0.4 is 11.1 Å². The van der Waals surface area contributed by atoms with Gasteiger partial charge < -0.3 is 16.2 Å². The molecule has 4 N–H and O–H groups in total. The number of nitrogens with one attached hydrogen (secondary N) is 1. The molecule has 1 aromatic rings. The van der Waals surface area contributed by atoms with Gasteiger partial charge in [-0.1, -0.05) is 49.9 Å². The zero-order valence-electron chi connectivity index (χ0n) is 11.6. The molecule has 0 aromatic heterocycles. The fourth-order valence-electron chi connectivity index (χ4n) is 2.07. The third-order valence-corrected chi connectivity index (χ3v) is 4.16. The van der Waals surface area contributed by atoms with Crippen LogP contribution in [0.2, 0.25) is 10.0 Å². The number of aliphatic hydroxyl groups excluding tert-OH is 1. The van der Waals surface area contributed by atoms with Crippen molar-refractivity contribution in [3.05, 3.63) is 27.7 Å². The van der Waals surface area contributed by atoms with Gasteiger partial charge in [0, 0.05) is 12.2 Å². The van der Waals surface area contributed by atoms with E-state index < -0.39 is 12.0 Å². The van der Waals surface area contributed by atoms with Crippen molar-refractivity contribution in [3.8, 4) is 0 Å². The molecule has 0 aliphatic rings. The lowest BCUT2D eigenvalue weighted by Crippen LogP contribution is -2.36. The molecule has 0 fully saturated rings. The van der Waals surface area contributed by atoms with E-state index in [-0.39, 0.29) is 28.1 Å². The van der Waals surface area contributed by atoms with Gasteiger partial charge in [-0.05, 0) is 18.1 Å². The van der Waals surface area contributed by atoms with Crippen LogP contribution in [-0.4, -0.2) is 23.7 Å². The quantitative estimate of drug-likeness (QED) is 0.705. The first-order chi connectivity index (χ1) is 9.40. The van der Waals surface area contributed by atoms with Crippen molar-refractivity contribution in [1.29, 1.82) is 0 Å². The Morgan fingerprint density at radius 3 is 2.50 bits per heavy atom. The first kappa shape index (κ1) is 17.1. The van der Waals surface area contributed by atoms with E-state index in [2.05, 4.69) is 5.32 Å². The van der Waals surface area contributed by atoms with Crippen LogP contribution in [0.1, 0.15) is 37.0 Å². The van der Waals surface area contributed by atoms with Crippen LogP contribution >= 0.6 is 23.2 Å². The Bertz CT molecular complexity index is 476. The predicted molar refractivity (Wildman–Crippen MR) is 83.3 cm³/mol. The first-order valence-corrected chi connectivity index (χ1v) is 7.37. The number of amides is 1. The van der Waals surface area contributed by atoms with Gasteiger partial charge in [0.25, 0.3) is 5.91 Å². The van der Waals surface area contributed by atoms with E-state index in [1.807, 2.05) is 13.8 Å². The minimum Gasteiger partial charge on any atom is -0.399 e. The molecule has 0 spiro atoms. The fourth-order valence-corrected chi connectivity index (χ4v) is 2.49. The first-order valence-electron chi connectivity index (χ1n) is 6.61. The zero-order chi connectivity index (χ0) is 15.3. The molecule has 0 heterocycles. The molecule has 20 heavy (non-hydrogen) atoms. The smallest absolute Gasteiger partial charge is 0.253 e. The average Bonchev–Trinajstić information content (AvgIpc) is 2.41. The highest BCUT2D eigenvalue weighted by atomic mass is 35.5. The van der Waals surface area contributed by atoms with Crippen molar-refractivity contribution in [1.82, 2.24) is 5.32 Å². The molecule has 0 radical (unpaired) electrons. The van der Waals surface area contributed by atoms with Gasteiger partial charge in [-0.15, -0.1) is 0 Å². The van der Waals surface area contributed by atoms with Crippen LogP contribution in [0, 0.1) is 5.92 Å². The lowest BCUT2D eigenvalue weighted by atomic mass is 9.96. The number of anilines is 1. The summed E-state index contributed by atoms with van der Waals surface area (Å²) in [5.74, 6) is -0.232. The molecule has 112 valence electrons. The molecule has 1 atom stereocenters. The second-order valence-corrected chi connectivity index (χ2v) is 5.50. The van der Waals surface area contributed by atoms with E-state index in [4.69, 9.17) is 28.9 Å². The van der Waals surface area contributed by atoms with Crippen LogP contribution in [0.15, 0.2) is 12.1 Å². The third kappa shape index (κ3) is 4.27. The molecule has 1 aromatic carbocycles. The number of carbonyl (C=O) groups excluding carboxylic acids is 1. The van der Waals surface area contributed by atoms with Crippen LogP contribution in [0.3, 0.4) is 0 Å². The van der Waals surface area contributed by atoms with Crippen molar-refractivity contribution in [2.45, 2.75) is 32.8 Å². The Hall–Kier alpha value is -0.970. The highest BCUT2D eigenvalue weighted by Gasteiger charge is 2.18. The molecule has 1 rings (SSSR count). The number of aliphatic hydroxyl groups is 1. The number of hydrogen-bond donors (Lipinski definition) is 3. The molecule has 0 bridgehead atoms. The molecule has 0 saturated heterocycles. The van der Waals surface area contributed by atoms with Crippen molar-refractivity contribution in [3.63, 3.8) is 0 Å². The summed E-state index contributed by atoms with van der Waals surface area (Å²) >= 11 is 11.9. The van der Waals surface area contributed by atoms with Crippen LogP contribution in [0.5, 0.6) is 0 Å². The van der Waals surface area contributed by atoms with Crippen LogP contribution in [0.4, 0.5) is 5.69 Å². The maximum atomic E-state index is 12.1. The van der Waals surface area contributed by atoms with Crippen molar-refractivity contribution in [2.75, 3.05) is 12.3 Å². The van der Waals surface area contributed by atoms with E-state index >= 15 is 0 Å². The fraction of sp³-hybridized carbons (Fsp3) is 0.500. The summed E-state index contributed by atoms with van der Waals surface area (Å²) in [6.07, 6.45) is 1.14. The molecule has 6 heteroatoms. The summed E-state index contributed by atoms with van der Waals surface area (Å²) in [5.41, 5.74) is 6.22. The molecule has 0 aliphatic heterocycles. The zero-order valence-corrected chi connectivity index (χ0v) is 13.1. The van der Waals surface area contributed by atoms with Gasteiger partial charge in [0.2, 0.25) is 0 Å². The van der Waals surface area contributed by atoms with Gasteiger partial charge in [-0.25, -0.2) is 0 Å². The number of nitrogens with two attached hydrogens (primary N) is 1. The Morgan fingerprint density at radius 2 is 1.95 bits per heavy atom. The lowest BCUT2D eigenvalue weighted by Gasteiger charge is -2.20. The maximum absolute atomic E-state index is 12.1. The van der Waals surface area contributed by atoms with Crippen LogP contribution in [0.25, 0.3) is 0 Å². The van der Waals surface area contributed by atoms with Gasteiger partial charge >= 0.3 is 0 Å². The van der Waals surface area contributed by atoms with Crippen LogP contribution in [-0.2, 0) is 0 Å². The SMILES string of the molecule is CCC(CC)C(O)CNC(=O)c1cc(N)cc(Cl)c1Cl. The minimum absolute atomic E-state index is 0.162. The number of hydrogen-bond acceptors (Lipinski definition) is 3. The molecule has 0 aliphatic carbocycles. The normalized spacial score (nSPS) is 12.5. The van der Waals surface area contributed by atoms with Gasteiger partial charge in [0.15, 0.2) is 0 Å². The highest BCUT2D eigenvalue weighted by molar-refractivity contribution is 6.44. The minimum atomic E-state index is -0.579. The Morgan fingerprint density at radius 1 is 1.35 bits per heavy atom. The van der Waals surface area contributed by atoms with Gasteiger partial charge in [-0.2, -0.15) is 0 Å². The summed E-state index contributed by atoms with van der Waals surface area (Å²) in [6, 6.07) is 2.95. The summed E-state index contributed by atoms with van der Waals surface area (Å²) in [7, 11) is 0. The molecular weight excluding hydrogens is 299 g/mol. The largest absolute Gasteiger partial charge is 0.399 e. The van der Waals surface area contributed by atoms with E-state index in [1.165, 1.54) is 12.1 Å². The predicted octanol–water partition coefficient (Wildman–Crippen LogP) is 3.10. The van der Waals surface area contributed by atoms with E-state index in [0.717, 1.165) is 12.8 Å². The molecule has 1 amide bonds. The topological polar surface area (TPSA) is 75.3 Å². The highest BCUT2D eigenvalue weighted by Crippen LogP contribution is 2.28. The van der Waals surface area contributed by atoms with Crippen molar-refractivity contribution >= 4 is 34.8 Å². The molecule has 4 nitrogen and oxygen atoms in total. The average molecular weight is 319 g/mol. The monoisotopic (exact) mass is 318 g/mol. The Kier molecular flexibility index (Phi) is 6.59. The second kappa shape index (κ2) is 7.72.